The van der Waals surface area contributed by atoms with Crippen LogP contribution in [0.25, 0.3) is 11.0 Å². The van der Waals surface area contributed by atoms with Crippen LogP contribution in [0.5, 0.6) is 5.88 Å². The van der Waals surface area contributed by atoms with Gasteiger partial charge in [0.1, 0.15) is 0 Å². The number of halogens is 3. The van der Waals surface area contributed by atoms with Crippen molar-refractivity contribution in [2.75, 3.05) is 10.5 Å². The number of fused-ring (bicyclic) bond motifs is 1. The molecule has 1 aromatic carbocycles. The molecule has 2 aromatic heterocycles. The maximum atomic E-state index is 13.7. The third-order valence-corrected chi connectivity index (χ3v) is 6.09. The Morgan fingerprint density at radius 3 is 2.41 bits per heavy atom. The van der Waals surface area contributed by atoms with Crippen LogP contribution < -0.4 is 9.46 Å². The molecule has 3 rings (SSSR count). The lowest BCUT2D eigenvalue weighted by Gasteiger charge is -2.21. The molecule has 7 nitrogen and oxygen atoms in total. The third-order valence-electron chi connectivity index (χ3n) is 3.69. The van der Waals surface area contributed by atoms with Crippen molar-refractivity contribution in [2.24, 2.45) is 0 Å². The van der Waals surface area contributed by atoms with E-state index in [4.69, 9.17) is 4.74 Å². The van der Waals surface area contributed by atoms with E-state index in [-0.39, 0.29) is 16.1 Å². The Morgan fingerprint density at radius 1 is 1.21 bits per heavy atom. The van der Waals surface area contributed by atoms with Crippen LogP contribution in [0, 0.1) is 6.92 Å². The first-order chi connectivity index (χ1) is 13.6. The summed E-state index contributed by atoms with van der Waals surface area (Å²) in [6.45, 7) is 3.23. The molecule has 29 heavy (non-hydrogen) atoms. The molecule has 12 heteroatoms. The lowest BCUT2D eigenvalue weighted by molar-refractivity contribution is -0.197. The fourth-order valence-corrected chi connectivity index (χ4v) is 4.40. The molecule has 0 aliphatic carbocycles. The first-order valence-corrected chi connectivity index (χ1v) is 11.0. The summed E-state index contributed by atoms with van der Waals surface area (Å²) in [5.41, 5.74) is 0.577. The van der Waals surface area contributed by atoms with Gasteiger partial charge in [0.25, 0.3) is 5.88 Å². The number of sulfonamides is 1. The van der Waals surface area contributed by atoms with Crippen LogP contribution in [0.4, 0.5) is 19.0 Å². The molecule has 0 saturated heterocycles. The monoisotopic (exact) mass is 446 g/mol. The lowest BCUT2D eigenvalue weighted by atomic mass is 10.3. The highest BCUT2D eigenvalue weighted by molar-refractivity contribution is 7.92. The first kappa shape index (κ1) is 21.2. The third kappa shape index (κ3) is 5.12. The lowest BCUT2D eigenvalue weighted by Crippen LogP contribution is -2.26. The van der Waals surface area contributed by atoms with Crippen molar-refractivity contribution < 1.29 is 26.3 Å². The van der Waals surface area contributed by atoms with Crippen molar-refractivity contribution in [1.82, 2.24) is 15.0 Å². The molecule has 2 heterocycles. The topological polar surface area (TPSA) is 94.1 Å². The van der Waals surface area contributed by atoms with Gasteiger partial charge in [0.15, 0.2) is 0 Å². The van der Waals surface area contributed by atoms with Crippen LogP contribution in [-0.2, 0) is 10.0 Å². The Labute approximate surface area is 169 Å². The molecular weight excluding hydrogens is 429 g/mol. The minimum absolute atomic E-state index is 0.174. The van der Waals surface area contributed by atoms with Crippen molar-refractivity contribution in [3.8, 4) is 5.88 Å². The standard InChI is InChI=1S/C17H17F3N4O3S2/c1-3-8-29(25,26)24-15-16(23-12-7-5-4-6-11(12)22-15)27-14(17(18,19)20)13-9-21-10(2)28-13/h4-7,9,14H,3,8H2,1-2H3,(H,22,24)/t14-/m0/s1. The molecule has 156 valence electrons. The second-order valence-electron chi connectivity index (χ2n) is 6.11. The zero-order valence-electron chi connectivity index (χ0n) is 15.4. The van der Waals surface area contributed by atoms with Gasteiger partial charge in [-0.05, 0) is 25.5 Å². The van der Waals surface area contributed by atoms with Crippen LogP contribution in [0.2, 0.25) is 0 Å². The minimum Gasteiger partial charge on any atom is -0.456 e. The predicted molar refractivity (Wildman–Crippen MR) is 104 cm³/mol. The molecule has 0 saturated carbocycles. The van der Waals surface area contributed by atoms with Gasteiger partial charge in [-0.3, -0.25) is 4.72 Å². The Bertz CT molecular complexity index is 1120. The number of hydrogen-bond acceptors (Lipinski definition) is 7. The van der Waals surface area contributed by atoms with Gasteiger partial charge in [-0.1, -0.05) is 19.1 Å². The average molecular weight is 446 g/mol. The number of aryl methyl sites for hydroxylation is 1. The van der Waals surface area contributed by atoms with E-state index in [0.29, 0.717) is 16.9 Å². The van der Waals surface area contributed by atoms with Gasteiger partial charge in [-0.2, -0.15) is 13.2 Å². The molecular formula is C17H17F3N4O3S2. The van der Waals surface area contributed by atoms with E-state index < -0.39 is 34.0 Å². The van der Waals surface area contributed by atoms with Crippen LogP contribution in [-0.4, -0.2) is 35.3 Å². The molecule has 0 aliphatic heterocycles. The quantitative estimate of drug-likeness (QED) is 0.584. The summed E-state index contributed by atoms with van der Waals surface area (Å²) in [5.74, 6) is -1.18. The Morgan fingerprint density at radius 2 is 1.86 bits per heavy atom. The van der Waals surface area contributed by atoms with Crippen molar-refractivity contribution in [3.05, 3.63) is 40.3 Å². The predicted octanol–water partition coefficient (Wildman–Crippen LogP) is 4.23. The number of nitrogens with zero attached hydrogens (tertiary/aromatic N) is 3. The summed E-state index contributed by atoms with van der Waals surface area (Å²) < 4.78 is 72.7. The van der Waals surface area contributed by atoms with Crippen LogP contribution in [0.3, 0.4) is 0 Å². The fourth-order valence-electron chi connectivity index (χ4n) is 2.50. The minimum atomic E-state index is -4.77. The van der Waals surface area contributed by atoms with Gasteiger partial charge in [-0.25, -0.2) is 23.4 Å². The van der Waals surface area contributed by atoms with Crippen molar-refractivity contribution in [2.45, 2.75) is 32.5 Å². The normalized spacial score (nSPS) is 13.4. The second-order valence-corrected chi connectivity index (χ2v) is 9.22. The summed E-state index contributed by atoms with van der Waals surface area (Å²) in [6.07, 6.45) is -5.74. The van der Waals surface area contributed by atoms with E-state index in [1.54, 1.807) is 38.1 Å². The smallest absolute Gasteiger partial charge is 0.430 e. The number of ether oxygens (including phenoxy) is 1. The summed E-state index contributed by atoms with van der Waals surface area (Å²) in [7, 11) is -3.83. The Kier molecular flexibility index (Phi) is 5.94. The van der Waals surface area contributed by atoms with Gasteiger partial charge in [-0.15, -0.1) is 11.3 Å². The van der Waals surface area contributed by atoms with E-state index in [9.17, 15) is 21.6 Å². The number of thiazole rings is 1. The molecule has 0 bridgehead atoms. The van der Waals surface area contributed by atoms with E-state index in [2.05, 4.69) is 19.7 Å². The molecule has 1 N–H and O–H groups in total. The van der Waals surface area contributed by atoms with Gasteiger partial charge in [0.2, 0.25) is 21.9 Å². The van der Waals surface area contributed by atoms with E-state index >= 15 is 0 Å². The number of benzene rings is 1. The van der Waals surface area contributed by atoms with Gasteiger partial charge in [0, 0.05) is 6.20 Å². The van der Waals surface area contributed by atoms with Crippen LogP contribution in [0.1, 0.15) is 29.3 Å². The Hall–Kier alpha value is -2.47. The number of anilines is 1. The van der Waals surface area contributed by atoms with Crippen molar-refractivity contribution in [1.29, 1.82) is 0 Å². The zero-order valence-corrected chi connectivity index (χ0v) is 17.0. The van der Waals surface area contributed by atoms with Gasteiger partial charge < -0.3 is 4.74 Å². The first-order valence-electron chi connectivity index (χ1n) is 8.52. The molecule has 0 aliphatic rings. The van der Waals surface area contributed by atoms with Crippen LogP contribution in [0.15, 0.2) is 30.5 Å². The highest BCUT2D eigenvalue weighted by Crippen LogP contribution is 2.40. The van der Waals surface area contributed by atoms with Crippen molar-refractivity contribution >= 4 is 38.2 Å². The van der Waals surface area contributed by atoms with E-state index in [0.717, 1.165) is 17.5 Å². The zero-order chi connectivity index (χ0) is 21.2. The van der Waals surface area contributed by atoms with Gasteiger partial charge >= 0.3 is 6.18 Å². The molecule has 0 amide bonds. The molecule has 0 unspecified atom stereocenters. The number of rotatable bonds is 7. The largest absolute Gasteiger partial charge is 0.456 e. The fraction of sp³-hybridized carbons (Fsp3) is 0.353. The average Bonchev–Trinajstić information content (AvgIpc) is 3.04. The molecule has 1 atom stereocenters. The highest BCUT2D eigenvalue weighted by atomic mass is 32.2. The molecule has 0 fully saturated rings. The number of para-hydroxylation sites is 2. The summed E-state index contributed by atoms with van der Waals surface area (Å²) in [5, 5.41) is 0.436. The van der Waals surface area contributed by atoms with Crippen molar-refractivity contribution in [3.63, 3.8) is 0 Å². The summed E-state index contributed by atoms with van der Waals surface area (Å²) in [6, 6.07) is 6.40. The molecule has 0 radical (unpaired) electrons. The molecule has 3 aromatic rings. The second kappa shape index (κ2) is 8.11. The summed E-state index contributed by atoms with van der Waals surface area (Å²) >= 11 is 0.830. The summed E-state index contributed by atoms with van der Waals surface area (Å²) in [4.78, 5) is 11.9. The van der Waals surface area contributed by atoms with E-state index in [1.807, 2.05) is 0 Å². The maximum Gasteiger partial charge on any atom is 0.430 e. The number of nitrogens with one attached hydrogen (secondary N) is 1. The number of aromatic nitrogens is 3. The molecule has 0 spiro atoms. The highest BCUT2D eigenvalue weighted by Gasteiger charge is 2.45. The number of alkyl halides is 3. The SMILES string of the molecule is CCCS(=O)(=O)Nc1nc2ccccc2nc1O[C@@H](c1cnc(C)s1)C(F)(F)F. The van der Waals surface area contributed by atoms with E-state index in [1.165, 1.54) is 0 Å². The van der Waals surface area contributed by atoms with Gasteiger partial charge in [0.05, 0.1) is 26.7 Å². The number of hydrogen-bond donors (Lipinski definition) is 1. The van der Waals surface area contributed by atoms with Crippen LogP contribution >= 0.6 is 11.3 Å². The Balaban J connectivity index is 2.09. The maximum absolute atomic E-state index is 13.7.